The molecule has 1 aliphatic heterocycles. The molecule has 0 aromatic carbocycles. The number of nitrogens with zero attached hydrogens (tertiary/aromatic N) is 4. The van der Waals surface area contributed by atoms with Crippen LogP contribution < -0.4 is 0 Å². The Kier molecular flexibility index (Phi) is 2.45. The van der Waals surface area contributed by atoms with Gasteiger partial charge in [-0.15, -0.1) is 5.10 Å². The van der Waals surface area contributed by atoms with Gasteiger partial charge in [0.25, 0.3) is 0 Å². The van der Waals surface area contributed by atoms with Crippen LogP contribution in [0.3, 0.4) is 0 Å². The molecule has 0 fully saturated rings. The topological polar surface area (TPSA) is 66.4 Å². The highest BCUT2D eigenvalue weighted by molar-refractivity contribution is 5.64. The Labute approximate surface area is 82.0 Å². The molecule has 0 saturated heterocycles. The largest absolute Gasteiger partial charge is 0.352 e. The maximum Gasteiger partial charge on any atom is 0.203 e. The summed E-state index contributed by atoms with van der Waals surface area (Å²) in [5.74, 6) is 0.615. The van der Waals surface area contributed by atoms with E-state index in [1.165, 1.54) is 0 Å². The Balaban J connectivity index is 2.19. The molecule has 6 heteroatoms. The van der Waals surface area contributed by atoms with E-state index in [4.69, 9.17) is 4.74 Å². The maximum absolute atomic E-state index is 5.64. The molecule has 0 aliphatic carbocycles. The van der Waals surface area contributed by atoms with E-state index in [0.717, 1.165) is 12.1 Å². The monoisotopic (exact) mass is 195 g/mol. The van der Waals surface area contributed by atoms with Crippen molar-refractivity contribution in [3.63, 3.8) is 0 Å². The van der Waals surface area contributed by atoms with Crippen LogP contribution >= 0.6 is 0 Å². The van der Waals surface area contributed by atoms with E-state index in [-0.39, 0.29) is 6.23 Å². The van der Waals surface area contributed by atoms with Crippen molar-refractivity contribution in [1.82, 2.24) is 20.3 Å². The number of H-pyrrole nitrogens is 1. The van der Waals surface area contributed by atoms with Gasteiger partial charge in [-0.25, -0.2) is 4.99 Å². The van der Waals surface area contributed by atoms with E-state index < -0.39 is 0 Å². The maximum atomic E-state index is 5.64. The Morgan fingerprint density at radius 3 is 3.21 bits per heavy atom. The predicted molar refractivity (Wildman–Crippen MR) is 51.3 cm³/mol. The fourth-order valence-corrected chi connectivity index (χ4v) is 1.32. The molecular weight excluding hydrogens is 182 g/mol. The van der Waals surface area contributed by atoms with Crippen LogP contribution in [0, 0.1) is 0 Å². The van der Waals surface area contributed by atoms with Crippen LogP contribution in [0.2, 0.25) is 0 Å². The normalized spacial score (nSPS) is 19.9. The van der Waals surface area contributed by atoms with E-state index in [9.17, 15) is 0 Å². The van der Waals surface area contributed by atoms with E-state index >= 15 is 0 Å². The lowest BCUT2D eigenvalue weighted by atomic mass is 10.3. The van der Waals surface area contributed by atoms with Crippen LogP contribution in [-0.2, 0) is 4.74 Å². The van der Waals surface area contributed by atoms with Crippen molar-refractivity contribution in [2.45, 2.75) is 19.6 Å². The van der Waals surface area contributed by atoms with Gasteiger partial charge in [0, 0.05) is 13.7 Å². The highest BCUT2D eigenvalue weighted by atomic mass is 16.5. The Bertz CT molecular complexity index is 334. The lowest BCUT2D eigenvalue weighted by molar-refractivity contribution is -0.0201. The van der Waals surface area contributed by atoms with Crippen LogP contribution in [0.1, 0.15) is 25.3 Å². The van der Waals surface area contributed by atoms with Crippen LogP contribution in [-0.4, -0.2) is 40.3 Å². The Morgan fingerprint density at radius 2 is 2.43 bits per heavy atom. The van der Waals surface area contributed by atoms with E-state index in [1.54, 1.807) is 6.34 Å². The molecule has 1 N–H and O–H groups in total. The quantitative estimate of drug-likeness (QED) is 0.776. The Hall–Kier alpha value is -1.43. The molecule has 0 spiro atoms. The predicted octanol–water partition coefficient (Wildman–Crippen LogP) is 0.835. The second kappa shape index (κ2) is 3.75. The van der Waals surface area contributed by atoms with E-state index in [0.29, 0.717) is 12.4 Å². The molecule has 2 heterocycles. The summed E-state index contributed by atoms with van der Waals surface area (Å²) in [6.07, 6.45) is 2.51. The third-order valence-electron chi connectivity index (χ3n) is 2.00. The molecular formula is C8H13N5O. The number of aromatic nitrogens is 3. The molecule has 0 amide bonds. The molecule has 1 aromatic heterocycles. The van der Waals surface area contributed by atoms with Crippen molar-refractivity contribution in [1.29, 1.82) is 0 Å². The van der Waals surface area contributed by atoms with Crippen molar-refractivity contribution < 1.29 is 4.74 Å². The summed E-state index contributed by atoms with van der Waals surface area (Å²) in [5, 5.41) is 10.5. The van der Waals surface area contributed by atoms with Crippen molar-refractivity contribution >= 4 is 12.2 Å². The third kappa shape index (κ3) is 1.48. The fourth-order valence-electron chi connectivity index (χ4n) is 1.32. The van der Waals surface area contributed by atoms with Crippen molar-refractivity contribution in [2.75, 3.05) is 13.7 Å². The van der Waals surface area contributed by atoms with Crippen molar-refractivity contribution in [2.24, 2.45) is 4.99 Å². The SMILES string of the molecule is CCCOC1c2n[nH]nc2N=CN1C. The molecule has 0 bridgehead atoms. The highest BCUT2D eigenvalue weighted by Crippen LogP contribution is 2.28. The first-order chi connectivity index (χ1) is 6.83. The van der Waals surface area contributed by atoms with Gasteiger partial charge in [0.2, 0.25) is 5.82 Å². The molecule has 1 atom stereocenters. The Morgan fingerprint density at radius 1 is 1.57 bits per heavy atom. The van der Waals surface area contributed by atoms with E-state index in [2.05, 4.69) is 27.3 Å². The van der Waals surface area contributed by atoms with Gasteiger partial charge in [-0.3, -0.25) is 0 Å². The van der Waals surface area contributed by atoms with Gasteiger partial charge in [0.05, 0.1) is 6.34 Å². The zero-order chi connectivity index (χ0) is 9.97. The molecule has 76 valence electrons. The van der Waals surface area contributed by atoms with Gasteiger partial charge < -0.3 is 9.64 Å². The first-order valence-electron chi connectivity index (χ1n) is 4.61. The van der Waals surface area contributed by atoms with Gasteiger partial charge in [0.1, 0.15) is 0 Å². The number of rotatable bonds is 3. The molecule has 6 nitrogen and oxygen atoms in total. The average Bonchev–Trinajstić information content (AvgIpc) is 2.64. The summed E-state index contributed by atoms with van der Waals surface area (Å²) < 4.78 is 5.64. The van der Waals surface area contributed by atoms with Gasteiger partial charge in [0.15, 0.2) is 11.9 Å². The highest BCUT2D eigenvalue weighted by Gasteiger charge is 2.26. The number of aliphatic imine (C=N–C) groups is 1. The molecule has 0 radical (unpaired) electrons. The summed E-state index contributed by atoms with van der Waals surface area (Å²) in [7, 11) is 1.90. The van der Waals surface area contributed by atoms with Crippen molar-refractivity contribution in [3.05, 3.63) is 5.69 Å². The molecule has 1 aliphatic rings. The molecule has 2 rings (SSSR count). The smallest absolute Gasteiger partial charge is 0.203 e. The first-order valence-corrected chi connectivity index (χ1v) is 4.61. The zero-order valence-corrected chi connectivity index (χ0v) is 8.27. The minimum atomic E-state index is -0.166. The number of fused-ring (bicyclic) bond motifs is 1. The number of ether oxygens (including phenoxy) is 1. The zero-order valence-electron chi connectivity index (χ0n) is 8.27. The van der Waals surface area contributed by atoms with Crippen molar-refractivity contribution in [3.8, 4) is 0 Å². The molecule has 1 aromatic rings. The van der Waals surface area contributed by atoms with Crippen LogP contribution in [0.5, 0.6) is 0 Å². The average molecular weight is 195 g/mol. The molecule has 14 heavy (non-hydrogen) atoms. The summed E-state index contributed by atoms with van der Waals surface area (Å²) in [6.45, 7) is 2.77. The number of hydrogen-bond donors (Lipinski definition) is 1. The number of aromatic amines is 1. The lowest BCUT2D eigenvalue weighted by Crippen LogP contribution is -2.28. The fraction of sp³-hybridized carbons (Fsp3) is 0.625. The minimum absolute atomic E-state index is 0.166. The number of nitrogens with one attached hydrogen (secondary N) is 1. The summed E-state index contributed by atoms with van der Waals surface area (Å²) in [5.41, 5.74) is 0.753. The second-order valence-electron chi connectivity index (χ2n) is 3.17. The second-order valence-corrected chi connectivity index (χ2v) is 3.17. The van der Waals surface area contributed by atoms with Gasteiger partial charge >= 0.3 is 0 Å². The lowest BCUT2D eigenvalue weighted by Gasteiger charge is -2.26. The van der Waals surface area contributed by atoms with Gasteiger partial charge in [-0.2, -0.15) is 10.3 Å². The first kappa shape index (κ1) is 9.14. The minimum Gasteiger partial charge on any atom is -0.352 e. The molecule has 0 saturated carbocycles. The van der Waals surface area contributed by atoms with Crippen LogP contribution in [0.25, 0.3) is 0 Å². The molecule has 1 unspecified atom stereocenters. The summed E-state index contributed by atoms with van der Waals surface area (Å²) >= 11 is 0. The third-order valence-corrected chi connectivity index (χ3v) is 2.00. The standard InChI is InChI=1S/C8H13N5O/c1-3-4-14-8-6-7(11-12-10-6)9-5-13(8)2/h5,8H,3-4H2,1-2H3,(H,10,11,12). The van der Waals surface area contributed by atoms with E-state index in [1.807, 2.05) is 11.9 Å². The summed E-state index contributed by atoms with van der Waals surface area (Å²) in [4.78, 5) is 5.98. The summed E-state index contributed by atoms with van der Waals surface area (Å²) in [6, 6.07) is 0. The van der Waals surface area contributed by atoms with Crippen LogP contribution in [0.15, 0.2) is 4.99 Å². The van der Waals surface area contributed by atoms with Gasteiger partial charge in [-0.05, 0) is 6.42 Å². The van der Waals surface area contributed by atoms with Gasteiger partial charge in [-0.1, -0.05) is 6.92 Å². The van der Waals surface area contributed by atoms with Crippen LogP contribution in [0.4, 0.5) is 5.82 Å². The number of hydrogen-bond acceptors (Lipinski definition) is 5.